The van der Waals surface area contributed by atoms with E-state index >= 15 is 0 Å². The van der Waals surface area contributed by atoms with Crippen molar-refractivity contribution in [1.29, 1.82) is 0 Å². The third-order valence-corrected chi connectivity index (χ3v) is 5.31. The summed E-state index contributed by atoms with van der Waals surface area (Å²) in [6.45, 7) is 5.46. The number of methoxy groups -OCH3 is 1. The smallest absolute Gasteiger partial charge is 0.240 e. The summed E-state index contributed by atoms with van der Waals surface area (Å²) < 4.78 is 11.1. The van der Waals surface area contributed by atoms with Crippen molar-refractivity contribution in [1.82, 2.24) is 20.4 Å². The molecule has 2 aromatic carbocycles. The topological polar surface area (TPSA) is 63.4 Å². The molecule has 2 heterocycles. The standard InChI is InChI=1S/C22H26N4O2.ClH/c1-16-7-3-4-8-17(16)13-21-24-22(28-25-21)15-26-12-11-23-14-19(26)18-9-5-6-10-20(18)27-2;/h3-10,19,23H,11-15H2,1-2H3;1H. The number of nitrogens with one attached hydrogen (secondary N) is 1. The van der Waals surface area contributed by atoms with Crippen molar-refractivity contribution < 1.29 is 9.26 Å². The van der Waals surface area contributed by atoms with Crippen molar-refractivity contribution >= 4 is 12.4 Å². The van der Waals surface area contributed by atoms with Gasteiger partial charge in [-0.25, -0.2) is 0 Å². The number of piperazine rings is 1. The second-order valence-corrected chi connectivity index (χ2v) is 7.14. The molecular formula is C22H27ClN4O2. The zero-order valence-electron chi connectivity index (χ0n) is 16.8. The molecule has 7 heteroatoms. The maximum Gasteiger partial charge on any atom is 0.240 e. The molecule has 3 aromatic rings. The molecular weight excluding hydrogens is 388 g/mol. The molecule has 6 nitrogen and oxygen atoms in total. The van der Waals surface area contributed by atoms with Crippen LogP contribution in [0.1, 0.15) is 34.4 Å². The number of aryl methyl sites for hydroxylation is 1. The van der Waals surface area contributed by atoms with Gasteiger partial charge in [-0.2, -0.15) is 4.98 Å². The van der Waals surface area contributed by atoms with E-state index < -0.39 is 0 Å². The van der Waals surface area contributed by atoms with Gasteiger partial charge in [0.1, 0.15) is 5.75 Å². The molecule has 4 rings (SSSR count). The van der Waals surface area contributed by atoms with E-state index in [0.29, 0.717) is 18.9 Å². The van der Waals surface area contributed by atoms with Crippen LogP contribution in [0.15, 0.2) is 53.1 Å². The Morgan fingerprint density at radius 3 is 2.79 bits per heavy atom. The number of ether oxygens (including phenoxy) is 1. The lowest BCUT2D eigenvalue weighted by atomic mass is 10.0. The van der Waals surface area contributed by atoms with Crippen LogP contribution in [0.3, 0.4) is 0 Å². The molecule has 1 atom stereocenters. The summed E-state index contributed by atoms with van der Waals surface area (Å²) in [5, 5.41) is 7.68. The van der Waals surface area contributed by atoms with Gasteiger partial charge in [-0.05, 0) is 24.1 Å². The molecule has 1 N–H and O–H groups in total. The van der Waals surface area contributed by atoms with Crippen molar-refractivity contribution in [2.24, 2.45) is 0 Å². The van der Waals surface area contributed by atoms with Crippen molar-refractivity contribution in [3.63, 3.8) is 0 Å². The maximum absolute atomic E-state index is 5.57. The summed E-state index contributed by atoms with van der Waals surface area (Å²) >= 11 is 0. The molecule has 1 unspecified atom stereocenters. The van der Waals surface area contributed by atoms with Crippen molar-refractivity contribution in [2.45, 2.75) is 25.9 Å². The average Bonchev–Trinajstić information content (AvgIpc) is 3.17. The average molecular weight is 415 g/mol. The van der Waals surface area contributed by atoms with E-state index in [9.17, 15) is 0 Å². The van der Waals surface area contributed by atoms with Crippen LogP contribution in [0.2, 0.25) is 0 Å². The zero-order chi connectivity index (χ0) is 19.3. The van der Waals surface area contributed by atoms with Crippen LogP contribution in [-0.2, 0) is 13.0 Å². The van der Waals surface area contributed by atoms with Gasteiger partial charge in [-0.15, -0.1) is 12.4 Å². The summed E-state index contributed by atoms with van der Waals surface area (Å²) in [6, 6.07) is 16.7. The zero-order valence-corrected chi connectivity index (χ0v) is 17.6. The highest BCUT2D eigenvalue weighted by atomic mass is 35.5. The Balaban J connectivity index is 0.00000240. The highest BCUT2D eigenvalue weighted by molar-refractivity contribution is 5.85. The molecule has 0 radical (unpaired) electrons. The van der Waals surface area contributed by atoms with Crippen molar-refractivity contribution in [3.05, 3.63) is 76.9 Å². The second kappa shape index (κ2) is 9.87. The lowest BCUT2D eigenvalue weighted by Gasteiger charge is -2.36. The highest BCUT2D eigenvalue weighted by Crippen LogP contribution is 2.31. The molecule has 0 saturated carbocycles. The number of rotatable bonds is 6. The minimum atomic E-state index is 0. The molecule has 29 heavy (non-hydrogen) atoms. The fraction of sp³-hybridized carbons (Fsp3) is 0.364. The Kier molecular flexibility index (Phi) is 7.25. The predicted octanol–water partition coefficient (Wildman–Crippen LogP) is 3.55. The summed E-state index contributed by atoms with van der Waals surface area (Å²) in [5.41, 5.74) is 3.65. The fourth-order valence-corrected chi connectivity index (χ4v) is 3.76. The first-order valence-corrected chi connectivity index (χ1v) is 9.68. The van der Waals surface area contributed by atoms with Crippen LogP contribution in [-0.4, -0.2) is 41.8 Å². The van der Waals surface area contributed by atoms with Crippen LogP contribution >= 0.6 is 12.4 Å². The maximum atomic E-state index is 5.57. The minimum absolute atomic E-state index is 0. The van der Waals surface area contributed by atoms with E-state index in [1.807, 2.05) is 24.3 Å². The number of hydrogen-bond donors (Lipinski definition) is 1. The first-order valence-electron chi connectivity index (χ1n) is 9.68. The number of aromatic nitrogens is 2. The fourth-order valence-electron chi connectivity index (χ4n) is 3.76. The summed E-state index contributed by atoms with van der Waals surface area (Å²) in [4.78, 5) is 7.01. The summed E-state index contributed by atoms with van der Waals surface area (Å²) in [7, 11) is 1.72. The number of halogens is 1. The van der Waals surface area contributed by atoms with Gasteiger partial charge in [0.2, 0.25) is 5.89 Å². The number of benzene rings is 2. The Morgan fingerprint density at radius 1 is 1.17 bits per heavy atom. The van der Waals surface area contributed by atoms with Gasteiger partial charge in [0, 0.05) is 31.6 Å². The second-order valence-electron chi connectivity index (χ2n) is 7.14. The van der Waals surface area contributed by atoms with Gasteiger partial charge < -0.3 is 14.6 Å². The number of hydrogen-bond acceptors (Lipinski definition) is 6. The highest BCUT2D eigenvalue weighted by Gasteiger charge is 2.27. The predicted molar refractivity (Wildman–Crippen MR) is 115 cm³/mol. The number of nitrogens with zero attached hydrogens (tertiary/aromatic N) is 3. The summed E-state index contributed by atoms with van der Waals surface area (Å²) in [6.07, 6.45) is 0.688. The molecule has 1 aliphatic heterocycles. The SMILES string of the molecule is COc1ccccc1C1CNCCN1Cc1nc(Cc2ccccc2C)no1.Cl. The lowest BCUT2D eigenvalue weighted by Crippen LogP contribution is -2.45. The molecule has 1 aromatic heterocycles. The Labute approximate surface area is 177 Å². The molecule has 0 amide bonds. The largest absolute Gasteiger partial charge is 0.496 e. The molecule has 1 saturated heterocycles. The molecule has 0 aliphatic carbocycles. The van der Waals surface area contributed by atoms with Gasteiger partial charge in [-0.1, -0.05) is 47.6 Å². The van der Waals surface area contributed by atoms with Gasteiger partial charge in [0.25, 0.3) is 0 Å². The number of para-hydroxylation sites is 1. The van der Waals surface area contributed by atoms with E-state index in [4.69, 9.17) is 9.26 Å². The van der Waals surface area contributed by atoms with Crippen molar-refractivity contribution in [2.75, 3.05) is 26.7 Å². The Morgan fingerprint density at radius 2 is 1.97 bits per heavy atom. The van der Waals surface area contributed by atoms with Crippen LogP contribution in [0, 0.1) is 6.92 Å². The Bertz CT molecular complexity index is 930. The van der Waals surface area contributed by atoms with Crippen molar-refractivity contribution in [3.8, 4) is 5.75 Å². The van der Waals surface area contributed by atoms with Crippen LogP contribution in [0.4, 0.5) is 0 Å². The third-order valence-electron chi connectivity index (χ3n) is 5.31. The monoisotopic (exact) mass is 414 g/mol. The third kappa shape index (κ3) is 4.96. The van der Waals surface area contributed by atoms with Gasteiger partial charge in [0.05, 0.1) is 19.7 Å². The van der Waals surface area contributed by atoms with Gasteiger partial charge >= 0.3 is 0 Å². The quantitative estimate of drug-likeness (QED) is 0.665. The lowest BCUT2D eigenvalue weighted by molar-refractivity contribution is 0.133. The molecule has 0 spiro atoms. The Hall–Kier alpha value is -2.41. The van der Waals surface area contributed by atoms with E-state index in [1.165, 1.54) is 16.7 Å². The van der Waals surface area contributed by atoms with Crippen LogP contribution in [0.5, 0.6) is 5.75 Å². The molecule has 1 fully saturated rings. The van der Waals surface area contributed by atoms with Gasteiger partial charge in [0.15, 0.2) is 5.82 Å². The van der Waals surface area contributed by atoms with Gasteiger partial charge in [-0.3, -0.25) is 4.90 Å². The first-order chi connectivity index (χ1) is 13.7. The van der Waals surface area contributed by atoms with Crippen LogP contribution < -0.4 is 10.1 Å². The van der Waals surface area contributed by atoms with E-state index in [-0.39, 0.29) is 18.4 Å². The molecule has 0 bridgehead atoms. The first kappa shape index (κ1) is 21.3. The summed E-state index contributed by atoms with van der Waals surface area (Å²) in [5.74, 6) is 2.30. The van der Waals surface area contributed by atoms with Crippen LogP contribution in [0.25, 0.3) is 0 Å². The minimum Gasteiger partial charge on any atom is -0.496 e. The normalized spacial score (nSPS) is 17.0. The van der Waals surface area contributed by atoms with E-state index in [2.05, 4.69) is 51.5 Å². The molecule has 1 aliphatic rings. The van der Waals surface area contributed by atoms with E-state index in [0.717, 1.165) is 31.2 Å². The molecule has 154 valence electrons. The van der Waals surface area contributed by atoms with E-state index in [1.54, 1.807) is 7.11 Å².